The number of hydrogen-bond acceptors (Lipinski definition) is 7. The normalized spacial score (nSPS) is 15.9. The molecule has 1 aliphatic heterocycles. The number of carbonyl (C=O) groups excluding carboxylic acids is 1. The fourth-order valence-electron chi connectivity index (χ4n) is 4.15. The van der Waals surface area contributed by atoms with E-state index in [1.807, 2.05) is 0 Å². The number of nitrogens with zero attached hydrogens (tertiary/aromatic N) is 2. The molecule has 1 aliphatic rings. The lowest BCUT2D eigenvalue weighted by Gasteiger charge is -2.16. The van der Waals surface area contributed by atoms with Gasteiger partial charge in [-0.3, -0.25) is 14.6 Å². The van der Waals surface area contributed by atoms with Crippen LogP contribution in [0.25, 0.3) is 11.0 Å². The first-order chi connectivity index (χ1) is 17.1. The van der Waals surface area contributed by atoms with Crippen LogP contribution in [0.5, 0.6) is 5.75 Å². The molecule has 10 nitrogen and oxygen atoms in total. The number of fused-ring (bicyclic) bond motifs is 1. The summed E-state index contributed by atoms with van der Waals surface area (Å²) in [5, 5.41) is 13.5. The highest BCUT2D eigenvalue weighted by molar-refractivity contribution is 7.88. The number of aromatic hydroxyl groups is 1. The van der Waals surface area contributed by atoms with Gasteiger partial charge in [-0.2, -0.15) is 0 Å². The summed E-state index contributed by atoms with van der Waals surface area (Å²) in [5.41, 5.74) is 0.495. The number of carbonyl (C=O) groups is 1. The third kappa shape index (κ3) is 6.07. The lowest BCUT2D eigenvalue weighted by atomic mass is 10.1. The van der Waals surface area contributed by atoms with E-state index in [0.717, 1.165) is 24.7 Å². The first-order valence-corrected chi connectivity index (χ1v) is 13.3. The second-order valence-electron chi connectivity index (χ2n) is 8.71. The predicted molar refractivity (Wildman–Crippen MR) is 131 cm³/mol. The average molecular weight is 519 g/mol. The number of amides is 1. The molecule has 3 heterocycles. The van der Waals surface area contributed by atoms with E-state index >= 15 is 0 Å². The van der Waals surface area contributed by atoms with Crippen LogP contribution in [-0.4, -0.2) is 61.0 Å². The van der Waals surface area contributed by atoms with Crippen molar-refractivity contribution >= 4 is 27.0 Å². The van der Waals surface area contributed by atoms with Crippen LogP contribution in [-0.2, 0) is 27.7 Å². The van der Waals surface area contributed by atoms with Crippen molar-refractivity contribution in [1.82, 2.24) is 19.6 Å². The molecular weight excluding hydrogens is 491 g/mol. The Bertz CT molecular complexity index is 1430. The van der Waals surface area contributed by atoms with Crippen LogP contribution in [0.4, 0.5) is 4.39 Å². The minimum atomic E-state index is -3.52. The quantitative estimate of drug-likeness (QED) is 0.388. The lowest BCUT2D eigenvalue weighted by Crippen LogP contribution is -2.38. The van der Waals surface area contributed by atoms with Crippen molar-refractivity contribution in [3.8, 4) is 5.75 Å². The monoisotopic (exact) mass is 518 g/mol. The number of hydrogen-bond donors (Lipinski definition) is 3. The Morgan fingerprint density at radius 1 is 1.28 bits per heavy atom. The van der Waals surface area contributed by atoms with E-state index in [1.54, 1.807) is 18.2 Å². The second-order valence-corrected chi connectivity index (χ2v) is 10.5. The van der Waals surface area contributed by atoms with Gasteiger partial charge in [0, 0.05) is 32.4 Å². The molecule has 0 aliphatic carbocycles. The summed E-state index contributed by atoms with van der Waals surface area (Å²) in [5.74, 6) is -1.68. The van der Waals surface area contributed by atoms with Crippen molar-refractivity contribution in [3.63, 3.8) is 0 Å². The highest BCUT2D eigenvalue weighted by atomic mass is 32.2. The number of sulfonamides is 1. The second kappa shape index (κ2) is 10.7. The molecule has 1 aromatic carbocycles. The molecule has 0 radical (unpaired) electrons. The summed E-state index contributed by atoms with van der Waals surface area (Å²) in [4.78, 5) is 30.6. The molecule has 1 saturated heterocycles. The standard InChI is InChI=1S/C24H27FN4O6S/c1-36(33,34)28-8-9-29-19-12-16(11-15-4-6-17(25)7-5-15)13-26-21(19)22(30)20(24(29)32)23(31)27-14-18-3-2-10-35-18/h4-7,12-13,18,28,30H,2-3,8-11,14H2,1H3,(H,27,31). The van der Waals surface area contributed by atoms with Crippen molar-refractivity contribution in [1.29, 1.82) is 0 Å². The maximum atomic E-state index is 13.4. The van der Waals surface area contributed by atoms with Crippen LogP contribution in [0.1, 0.15) is 34.3 Å². The van der Waals surface area contributed by atoms with Crippen molar-refractivity contribution in [2.24, 2.45) is 0 Å². The molecular formula is C24H27FN4O6S. The fourth-order valence-corrected chi connectivity index (χ4v) is 4.61. The van der Waals surface area contributed by atoms with Gasteiger partial charge in [0.15, 0.2) is 5.75 Å². The zero-order chi connectivity index (χ0) is 25.9. The molecule has 2 aromatic heterocycles. The molecule has 0 saturated carbocycles. The van der Waals surface area contributed by atoms with Crippen molar-refractivity contribution in [2.45, 2.75) is 31.9 Å². The number of halogens is 1. The molecule has 36 heavy (non-hydrogen) atoms. The summed E-state index contributed by atoms with van der Waals surface area (Å²) in [6.45, 7) is 0.579. The summed E-state index contributed by atoms with van der Waals surface area (Å²) in [7, 11) is -3.52. The maximum Gasteiger partial charge on any atom is 0.267 e. The van der Waals surface area contributed by atoms with E-state index in [-0.39, 0.29) is 42.6 Å². The van der Waals surface area contributed by atoms with E-state index in [0.29, 0.717) is 18.6 Å². The molecule has 1 atom stereocenters. The van der Waals surface area contributed by atoms with E-state index in [1.165, 1.54) is 22.9 Å². The van der Waals surface area contributed by atoms with Gasteiger partial charge in [0.05, 0.1) is 17.9 Å². The summed E-state index contributed by atoms with van der Waals surface area (Å²) >= 11 is 0. The van der Waals surface area contributed by atoms with Crippen LogP contribution in [0.15, 0.2) is 41.3 Å². The average Bonchev–Trinajstić information content (AvgIpc) is 3.34. The van der Waals surface area contributed by atoms with Gasteiger partial charge in [-0.15, -0.1) is 0 Å². The summed E-state index contributed by atoms with van der Waals surface area (Å²) in [6, 6.07) is 7.57. The number of aromatic nitrogens is 2. The highest BCUT2D eigenvalue weighted by Gasteiger charge is 2.25. The van der Waals surface area contributed by atoms with Gasteiger partial charge in [-0.1, -0.05) is 12.1 Å². The number of benzene rings is 1. The van der Waals surface area contributed by atoms with Gasteiger partial charge in [0.25, 0.3) is 11.5 Å². The van der Waals surface area contributed by atoms with Gasteiger partial charge >= 0.3 is 0 Å². The number of rotatable bonds is 9. The predicted octanol–water partition coefficient (Wildman–Crippen LogP) is 1.29. The van der Waals surface area contributed by atoms with E-state index in [4.69, 9.17) is 4.74 Å². The molecule has 3 aromatic rings. The van der Waals surface area contributed by atoms with E-state index in [9.17, 15) is 27.5 Å². The minimum Gasteiger partial charge on any atom is -0.505 e. The Morgan fingerprint density at radius 3 is 2.69 bits per heavy atom. The SMILES string of the molecule is CS(=O)(=O)NCCn1c(=O)c(C(=O)NCC2CCCO2)c(O)c2ncc(Cc3ccc(F)cc3)cc21. The Kier molecular flexibility index (Phi) is 7.67. The topological polar surface area (TPSA) is 140 Å². The smallest absolute Gasteiger partial charge is 0.267 e. The third-order valence-electron chi connectivity index (χ3n) is 5.90. The molecule has 192 valence electrons. The van der Waals surface area contributed by atoms with Gasteiger partial charge in [-0.05, 0) is 48.6 Å². The van der Waals surface area contributed by atoms with Crippen molar-refractivity contribution in [3.05, 3.63) is 69.4 Å². The van der Waals surface area contributed by atoms with Crippen LogP contribution in [0.3, 0.4) is 0 Å². The Morgan fingerprint density at radius 2 is 2.03 bits per heavy atom. The molecule has 1 unspecified atom stereocenters. The molecule has 1 fully saturated rings. The largest absolute Gasteiger partial charge is 0.505 e. The van der Waals surface area contributed by atoms with Gasteiger partial charge in [0.2, 0.25) is 10.0 Å². The minimum absolute atomic E-state index is 0.0269. The Balaban J connectivity index is 1.72. The lowest BCUT2D eigenvalue weighted by molar-refractivity contribution is 0.0854. The molecule has 1 amide bonds. The summed E-state index contributed by atoms with van der Waals surface area (Å²) < 4.78 is 45.4. The zero-order valence-corrected chi connectivity index (χ0v) is 20.5. The van der Waals surface area contributed by atoms with Crippen LogP contribution >= 0.6 is 0 Å². The van der Waals surface area contributed by atoms with E-state index in [2.05, 4.69) is 15.0 Å². The molecule has 12 heteroatoms. The van der Waals surface area contributed by atoms with Crippen LogP contribution < -0.4 is 15.6 Å². The highest BCUT2D eigenvalue weighted by Crippen LogP contribution is 2.26. The van der Waals surface area contributed by atoms with Crippen LogP contribution in [0.2, 0.25) is 0 Å². The Labute approximate surface area is 207 Å². The van der Waals surface area contributed by atoms with E-state index < -0.39 is 32.8 Å². The maximum absolute atomic E-state index is 13.4. The van der Waals surface area contributed by atoms with Crippen molar-refractivity contribution in [2.75, 3.05) is 26.0 Å². The number of ether oxygens (including phenoxy) is 1. The van der Waals surface area contributed by atoms with Gasteiger partial charge < -0.3 is 19.7 Å². The summed E-state index contributed by atoms with van der Waals surface area (Å²) in [6.07, 6.45) is 4.38. The third-order valence-corrected chi connectivity index (χ3v) is 6.63. The zero-order valence-electron chi connectivity index (χ0n) is 19.7. The van der Waals surface area contributed by atoms with Crippen molar-refractivity contribution < 1.29 is 27.4 Å². The van der Waals surface area contributed by atoms with Gasteiger partial charge in [0.1, 0.15) is 16.9 Å². The molecule has 3 N–H and O–H groups in total. The van der Waals surface area contributed by atoms with Crippen LogP contribution in [0, 0.1) is 5.82 Å². The number of nitrogens with one attached hydrogen (secondary N) is 2. The first-order valence-electron chi connectivity index (χ1n) is 11.5. The molecule has 4 rings (SSSR count). The fraction of sp³-hybridized carbons (Fsp3) is 0.375. The van der Waals surface area contributed by atoms with Gasteiger partial charge in [-0.25, -0.2) is 17.5 Å². The first kappa shape index (κ1) is 25.7. The molecule has 0 spiro atoms. The Hall–Kier alpha value is -3.35. The molecule has 0 bridgehead atoms. The number of pyridine rings is 2.